The van der Waals surface area contributed by atoms with Crippen LogP contribution in [0.2, 0.25) is 0 Å². The molecule has 1 aromatic heterocycles. The topological polar surface area (TPSA) is 54.4 Å². The molecule has 0 bridgehead atoms. The number of fused-ring (bicyclic) bond motifs is 1. The van der Waals surface area contributed by atoms with Gasteiger partial charge in [-0.2, -0.15) is 0 Å². The molecular formula is C10H16Cl2N2O2. The van der Waals surface area contributed by atoms with Crippen molar-refractivity contribution in [2.75, 3.05) is 6.54 Å². The van der Waals surface area contributed by atoms with Crippen molar-refractivity contribution in [2.24, 2.45) is 0 Å². The predicted octanol–water partition coefficient (Wildman–Crippen LogP) is 1.89. The van der Waals surface area contributed by atoms with Crippen LogP contribution in [0.1, 0.15) is 19.5 Å². The fourth-order valence-corrected chi connectivity index (χ4v) is 1.51. The molecule has 0 saturated carbocycles. The smallest absolute Gasteiger partial charge is 0.211 e. The average Bonchev–Trinajstić information content (AvgIpc) is 2.22. The van der Waals surface area contributed by atoms with Crippen LogP contribution >= 0.6 is 24.8 Å². The van der Waals surface area contributed by atoms with Gasteiger partial charge in [0.2, 0.25) is 5.88 Å². The number of halogens is 2. The SMILES string of the molecule is CC1(C)CNCc2nc(O)ccc2O1.Cl.Cl. The van der Waals surface area contributed by atoms with Crippen molar-refractivity contribution in [1.82, 2.24) is 10.3 Å². The minimum Gasteiger partial charge on any atom is -0.493 e. The quantitative estimate of drug-likeness (QED) is 0.753. The molecule has 92 valence electrons. The van der Waals surface area contributed by atoms with Gasteiger partial charge in [0.05, 0.1) is 0 Å². The molecule has 0 unspecified atom stereocenters. The highest BCUT2D eigenvalue weighted by molar-refractivity contribution is 5.85. The maximum Gasteiger partial charge on any atom is 0.211 e. The predicted molar refractivity (Wildman–Crippen MR) is 66.8 cm³/mol. The second kappa shape index (κ2) is 5.57. The number of aromatic nitrogens is 1. The molecule has 4 nitrogen and oxygen atoms in total. The fraction of sp³-hybridized carbons (Fsp3) is 0.500. The third kappa shape index (κ3) is 3.40. The molecule has 0 aromatic carbocycles. The first-order valence-electron chi connectivity index (χ1n) is 4.65. The molecule has 1 aromatic rings. The van der Waals surface area contributed by atoms with Crippen LogP contribution in [0.25, 0.3) is 0 Å². The highest BCUT2D eigenvalue weighted by atomic mass is 35.5. The average molecular weight is 267 g/mol. The van der Waals surface area contributed by atoms with E-state index < -0.39 is 0 Å². The number of ether oxygens (including phenoxy) is 1. The minimum absolute atomic E-state index is 0. The van der Waals surface area contributed by atoms with Crippen LogP contribution in [0.15, 0.2) is 12.1 Å². The van der Waals surface area contributed by atoms with Crippen molar-refractivity contribution in [2.45, 2.75) is 26.0 Å². The van der Waals surface area contributed by atoms with Gasteiger partial charge in [-0.25, -0.2) is 4.98 Å². The van der Waals surface area contributed by atoms with Crippen LogP contribution in [-0.4, -0.2) is 22.2 Å². The number of aromatic hydroxyl groups is 1. The lowest BCUT2D eigenvalue weighted by atomic mass is 10.1. The van der Waals surface area contributed by atoms with Crippen molar-refractivity contribution < 1.29 is 9.84 Å². The van der Waals surface area contributed by atoms with E-state index in [2.05, 4.69) is 10.3 Å². The lowest BCUT2D eigenvalue weighted by Gasteiger charge is -2.24. The number of rotatable bonds is 0. The van der Waals surface area contributed by atoms with E-state index in [9.17, 15) is 5.11 Å². The minimum atomic E-state index is -0.232. The van der Waals surface area contributed by atoms with Crippen LogP contribution in [0.5, 0.6) is 11.6 Å². The van der Waals surface area contributed by atoms with Crippen LogP contribution in [0.3, 0.4) is 0 Å². The van der Waals surface area contributed by atoms with Gasteiger partial charge in [0.25, 0.3) is 0 Å². The van der Waals surface area contributed by atoms with Gasteiger partial charge in [-0.3, -0.25) is 0 Å². The molecule has 0 spiro atoms. The van der Waals surface area contributed by atoms with Crippen molar-refractivity contribution >= 4 is 24.8 Å². The Hall–Kier alpha value is -0.710. The summed E-state index contributed by atoms with van der Waals surface area (Å²) in [6.07, 6.45) is 0. The molecule has 2 heterocycles. The molecule has 0 saturated heterocycles. The summed E-state index contributed by atoms with van der Waals surface area (Å²) in [7, 11) is 0. The largest absolute Gasteiger partial charge is 0.493 e. The molecule has 16 heavy (non-hydrogen) atoms. The lowest BCUT2D eigenvalue weighted by Crippen LogP contribution is -2.37. The van der Waals surface area contributed by atoms with Crippen molar-refractivity contribution in [3.05, 3.63) is 17.8 Å². The molecule has 2 N–H and O–H groups in total. The van der Waals surface area contributed by atoms with Gasteiger partial charge in [-0.05, 0) is 19.9 Å². The fourth-order valence-electron chi connectivity index (χ4n) is 1.51. The third-order valence-electron chi connectivity index (χ3n) is 2.15. The molecule has 0 fully saturated rings. The maximum atomic E-state index is 9.22. The normalized spacial score (nSPS) is 16.9. The molecular weight excluding hydrogens is 251 g/mol. The second-order valence-corrected chi connectivity index (χ2v) is 4.08. The Bertz CT molecular complexity index is 359. The van der Waals surface area contributed by atoms with E-state index in [1.165, 1.54) is 0 Å². The van der Waals surface area contributed by atoms with Gasteiger partial charge in [-0.15, -0.1) is 24.8 Å². The van der Waals surface area contributed by atoms with E-state index in [4.69, 9.17) is 4.74 Å². The van der Waals surface area contributed by atoms with Crippen molar-refractivity contribution in [1.29, 1.82) is 0 Å². The highest BCUT2D eigenvalue weighted by Crippen LogP contribution is 2.26. The summed E-state index contributed by atoms with van der Waals surface area (Å²) in [6, 6.07) is 3.30. The Labute approximate surface area is 107 Å². The molecule has 2 rings (SSSR count). The van der Waals surface area contributed by atoms with Gasteiger partial charge in [0.15, 0.2) is 0 Å². The monoisotopic (exact) mass is 266 g/mol. The molecule has 1 aliphatic heterocycles. The maximum absolute atomic E-state index is 9.22. The van der Waals surface area contributed by atoms with E-state index >= 15 is 0 Å². The molecule has 0 amide bonds. The number of nitrogens with zero attached hydrogens (tertiary/aromatic N) is 1. The van der Waals surface area contributed by atoms with Gasteiger partial charge >= 0.3 is 0 Å². The Balaban J connectivity index is 0.00000112. The first kappa shape index (κ1) is 15.3. The zero-order valence-corrected chi connectivity index (χ0v) is 10.8. The van der Waals surface area contributed by atoms with Gasteiger partial charge < -0.3 is 15.2 Å². The van der Waals surface area contributed by atoms with Crippen LogP contribution in [0, 0.1) is 0 Å². The van der Waals surface area contributed by atoms with E-state index in [-0.39, 0.29) is 36.3 Å². The second-order valence-electron chi connectivity index (χ2n) is 4.08. The van der Waals surface area contributed by atoms with E-state index in [1.807, 2.05) is 13.8 Å². The summed E-state index contributed by atoms with van der Waals surface area (Å²) in [4.78, 5) is 4.01. The molecule has 1 aliphatic rings. The first-order valence-corrected chi connectivity index (χ1v) is 4.65. The first-order chi connectivity index (χ1) is 6.57. The van der Waals surface area contributed by atoms with E-state index in [0.717, 1.165) is 18.0 Å². The summed E-state index contributed by atoms with van der Waals surface area (Å²) in [5, 5.41) is 12.4. The van der Waals surface area contributed by atoms with Gasteiger partial charge in [0, 0.05) is 19.2 Å². The van der Waals surface area contributed by atoms with Crippen molar-refractivity contribution in [3.63, 3.8) is 0 Å². The van der Waals surface area contributed by atoms with Crippen molar-refractivity contribution in [3.8, 4) is 11.6 Å². The Morgan fingerprint density at radius 3 is 2.75 bits per heavy atom. The molecule has 0 aliphatic carbocycles. The molecule has 0 radical (unpaired) electrons. The van der Waals surface area contributed by atoms with Gasteiger partial charge in [-0.1, -0.05) is 0 Å². The number of pyridine rings is 1. The lowest BCUT2D eigenvalue weighted by molar-refractivity contribution is 0.114. The van der Waals surface area contributed by atoms with Crippen LogP contribution in [-0.2, 0) is 6.54 Å². The molecule has 0 atom stereocenters. The third-order valence-corrected chi connectivity index (χ3v) is 2.15. The number of hydrogen-bond acceptors (Lipinski definition) is 4. The highest BCUT2D eigenvalue weighted by Gasteiger charge is 2.24. The Morgan fingerprint density at radius 1 is 1.38 bits per heavy atom. The Morgan fingerprint density at radius 2 is 2.06 bits per heavy atom. The van der Waals surface area contributed by atoms with Crippen LogP contribution in [0.4, 0.5) is 0 Å². The summed E-state index contributed by atoms with van der Waals surface area (Å²) >= 11 is 0. The molecule has 6 heteroatoms. The van der Waals surface area contributed by atoms with E-state index in [0.29, 0.717) is 6.54 Å². The number of hydrogen-bond donors (Lipinski definition) is 2. The standard InChI is InChI=1S/C10H14N2O2.2ClH/c1-10(2)6-11-5-7-8(14-10)3-4-9(13)12-7;;/h3-4,11H,5-6H2,1-2H3,(H,12,13);2*1H. The summed E-state index contributed by atoms with van der Waals surface area (Å²) < 4.78 is 5.76. The van der Waals surface area contributed by atoms with E-state index in [1.54, 1.807) is 12.1 Å². The van der Waals surface area contributed by atoms with Gasteiger partial charge in [0.1, 0.15) is 17.0 Å². The van der Waals surface area contributed by atoms with Crippen LogP contribution < -0.4 is 10.1 Å². The zero-order chi connectivity index (χ0) is 10.2. The zero-order valence-electron chi connectivity index (χ0n) is 9.19. The number of nitrogens with one attached hydrogen (secondary N) is 1. The summed E-state index contributed by atoms with van der Waals surface area (Å²) in [5.74, 6) is 0.784. The Kier molecular flexibility index (Phi) is 5.32. The summed E-state index contributed by atoms with van der Waals surface area (Å²) in [6.45, 7) is 5.43. The summed E-state index contributed by atoms with van der Waals surface area (Å²) in [5.41, 5.74) is 0.528.